The van der Waals surface area contributed by atoms with Crippen molar-refractivity contribution in [2.45, 2.75) is 33.1 Å². The molecule has 0 radical (unpaired) electrons. The number of nitrogens with zero attached hydrogens (tertiary/aromatic N) is 2. The van der Waals surface area contributed by atoms with E-state index in [0.29, 0.717) is 19.4 Å². The first kappa shape index (κ1) is 14.8. The maximum atomic E-state index is 11.9. The number of nitrogens with two attached hydrogens (primary N) is 1. The van der Waals surface area contributed by atoms with Crippen LogP contribution in [-0.2, 0) is 4.79 Å². The van der Waals surface area contributed by atoms with Gasteiger partial charge in [0, 0.05) is 6.54 Å². The molecule has 1 rings (SSSR count). The van der Waals surface area contributed by atoms with E-state index in [1.165, 1.54) is 0 Å². The van der Waals surface area contributed by atoms with Crippen molar-refractivity contribution in [1.29, 1.82) is 0 Å². The zero-order chi connectivity index (χ0) is 13.6. The fourth-order valence-electron chi connectivity index (χ4n) is 2.03. The Morgan fingerprint density at radius 1 is 1.44 bits per heavy atom. The normalized spacial score (nSPS) is 17.8. The highest BCUT2D eigenvalue weighted by atomic mass is 16.4. The van der Waals surface area contributed by atoms with E-state index in [1.54, 1.807) is 0 Å². The van der Waals surface area contributed by atoms with E-state index in [2.05, 4.69) is 29.2 Å². The Morgan fingerprint density at radius 3 is 2.50 bits per heavy atom. The van der Waals surface area contributed by atoms with Gasteiger partial charge < -0.3 is 21.2 Å². The van der Waals surface area contributed by atoms with E-state index in [0.717, 1.165) is 26.1 Å². The summed E-state index contributed by atoms with van der Waals surface area (Å²) in [4.78, 5) is 14.2. The van der Waals surface area contributed by atoms with E-state index in [1.807, 2.05) is 0 Å². The Balaban J connectivity index is 2.26. The Bertz CT molecular complexity index is 309. The number of hydrogen-bond donors (Lipinski definition) is 3. The number of amides is 1. The molecule has 1 aliphatic carbocycles. The molecule has 0 heterocycles. The molecule has 1 saturated carbocycles. The molecule has 4 N–H and O–H groups in total. The Kier molecular flexibility index (Phi) is 5.40. The lowest BCUT2D eigenvalue weighted by Gasteiger charge is -2.18. The molecule has 0 aromatic heterocycles. The lowest BCUT2D eigenvalue weighted by molar-refractivity contribution is -0.124. The number of nitrogens with one attached hydrogen (secondary N) is 1. The second-order valence-electron chi connectivity index (χ2n) is 4.70. The standard InChI is InChI=1S/C12H24N4O2/c1-3-16(4-2)9-5-8-14-11(17)12(6-7-12)10(13)15-18/h18H,3-9H2,1-2H3,(H2,13,15)(H,14,17). The first-order valence-electron chi connectivity index (χ1n) is 6.59. The third-order valence-corrected chi connectivity index (χ3v) is 3.61. The number of oxime groups is 1. The van der Waals surface area contributed by atoms with Gasteiger partial charge in [-0.2, -0.15) is 0 Å². The van der Waals surface area contributed by atoms with Gasteiger partial charge in [0.1, 0.15) is 5.41 Å². The van der Waals surface area contributed by atoms with Crippen molar-refractivity contribution in [1.82, 2.24) is 10.2 Å². The molecule has 0 saturated heterocycles. The maximum absolute atomic E-state index is 11.9. The molecule has 0 unspecified atom stereocenters. The van der Waals surface area contributed by atoms with Crippen molar-refractivity contribution in [3.63, 3.8) is 0 Å². The topological polar surface area (TPSA) is 91.0 Å². The van der Waals surface area contributed by atoms with Crippen molar-refractivity contribution in [2.75, 3.05) is 26.2 Å². The van der Waals surface area contributed by atoms with E-state index in [-0.39, 0.29) is 11.7 Å². The molecule has 1 amide bonds. The van der Waals surface area contributed by atoms with Gasteiger partial charge in [0.25, 0.3) is 0 Å². The summed E-state index contributed by atoms with van der Waals surface area (Å²) in [6.07, 6.45) is 2.26. The summed E-state index contributed by atoms with van der Waals surface area (Å²) in [5, 5.41) is 14.5. The lowest BCUT2D eigenvalue weighted by atomic mass is 10.1. The van der Waals surface area contributed by atoms with Gasteiger partial charge in [-0.25, -0.2) is 0 Å². The molecule has 0 atom stereocenters. The molecule has 104 valence electrons. The summed E-state index contributed by atoms with van der Waals surface area (Å²) in [5.74, 6) is -0.0823. The predicted molar refractivity (Wildman–Crippen MR) is 70.5 cm³/mol. The van der Waals surface area contributed by atoms with Crippen LogP contribution in [0.25, 0.3) is 0 Å². The summed E-state index contributed by atoms with van der Waals surface area (Å²) >= 11 is 0. The van der Waals surface area contributed by atoms with Gasteiger partial charge in [0.2, 0.25) is 5.91 Å². The number of amidine groups is 1. The smallest absolute Gasteiger partial charge is 0.233 e. The Morgan fingerprint density at radius 2 is 2.06 bits per heavy atom. The highest BCUT2D eigenvalue weighted by Crippen LogP contribution is 2.45. The fourth-order valence-corrected chi connectivity index (χ4v) is 2.03. The summed E-state index contributed by atoms with van der Waals surface area (Å²) in [7, 11) is 0. The maximum Gasteiger partial charge on any atom is 0.233 e. The SMILES string of the molecule is CCN(CC)CCCNC(=O)C1(C(N)=NO)CC1. The average molecular weight is 256 g/mol. The van der Waals surface area contributed by atoms with Gasteiger partial charge in [-0.15, -0.1) is 0 Å². The van der Waals surface area contributed by atoms with E-state index < -0.39 is 5.41 Å². The van der Waals surface area contributed by atoms with Crippen LogP contribution in [0.2, 0.25) is 0 Å². The van der Waals surface area contributed by atoms with Crippen LogP contribution in [0.3, 0.4) is 0 Å². The van der Waals surface area contributed by atoms with Crippen LogP contribution < -0.4 is 11.1 Å². The van der Waals surface area contributed by atoms with Gasteiger partial charge in [-0.1, -0.05) is 19.0 Å². The molecule has 6 heteroatoms. The van der Waals surface area contributed by atoms with Crippen LogP contribution in [0.5, 0.6) is 0 Å². The Hall–Kier alpha value is -1.30. The van der Waals surface area contributed by atoms with Crippen LogP contribution in [0.1, 0.15) is 33.1 Å². The van der Waals surface area contributed by atoms with Crippen LogP contribution in [-0.4, -0.2) is 48.0 Å². The van der Waals surface area contributed by atoms with Crippen LogP contribution in [0, 0.1) is 5.41 Å². The second-order valence-corrected chi connectivity index (χ2v) is 4.70. The highest BCUT2D eigenvalue weighted by molar-refractivity contribution is 6.09. The summed E-state index contributed by atoms with van der Waals surface area (Å²) in [6.45, 7) is 7.91. The van der Waals surface area contributed by atoms with Crippen LogP contribution in [0.4, 0.5) is 0 Å². The van der Waals surface area contributed by atoms with Crippen molar-refractivity contribution in [3.8, 4) is 0 Å². The molecule has 6 nitrogen and oxygen atoms in total. The first-order chi connectivity index (χ1) is 8.60. The molecule has 0 bridgehead atoms. The quantitative estimate of drug-likeness (QED) is 0.192. The third-order valence-electron chi connectivity index (χ3n) is 3.61. The summed E-state index contributed by atoms with van der Waals surface area (Å²) in [5.41, 5.74) is 4.81. The molecule has 1 fully saturated rings. The zero-order valence-corrected chi connectivity index (χ0v) is 11.3. The number of carbonyl (C=O) groups is 1. The number of carbonyl (C=O) groups excluding carboxylic acids is 1. The minimum atomic E-state index is -0.732. The average Bonchev–Trinajstić information content (AvgIpc) is 3.19. The summed E-state index contributed by atoms with van der Waals surface area (Å²) in [6, 6.07) is 0. The van der Waals surface area contributed by atoms with E-state index >= 15 is 0 Å². The van der Waals surface area contributed by atoms with E-state index in [4.69, 9.17) is 10.9 Å². The molecular formula is C12H24N4O2. The second kappa shape index (κ2) is 6.58. The molecule has 1 aliphatic rings. The van der Waals surface area contributed by atoms with Crippen molar-refractivity contribution in [2.24, 2.45) is 16.3 Å². The minimum Gasteiger partial charge on any atom is -0.409 e. The van der Waals surface area contributed by atoms with Crippen molar-refractivity contribution in [3.05, 3.63) is 0 Å². The first-order valence-corrected chi connectivity index (χ1v) is 6.59. The third kappa shape index (κ3) is 3.35. The minimum absolute atomic E-state index is 0.0312. The molecule has 18 heavy (non-hydrogen) atoms. The molecule has 0 aromatic carbocycles. The molecule has 0 spiro atoms. The van der Waals surface area contributed by atoms with Gasteiger partial charge >= 0.3 is 0 Å². The fraction of sp³-hybridized carbons (Fsp3) is 0.833. The Labute approximate surface area is 108 Å². The van der Waals surface area contributed by atoms with Gasteiger partial charge in [-0.3, -0.25) is 4.79 Å². The van der Waals surface area contributed by atoms with Crippen molar-refractivity contribution < 1.29 is 10.0 Å². The number of rotatable bonds is 8. The van der Waals surface area contributed by atoms with Gasteiger partial charge in [0.15, 0.2) is 5.84 Å². The lowest BCUT2D eigenvalue weighted by Crippen LogP contribution is -2.41. The predicted octanol–water partition coefficient (Wildman–Crippen LogP) is 0.361. The number of hydrogen-bond acceptors (Lipinski definition) is 4. The highest BCUT2D eigenvalue weighted by Gasteiger charge is 2.53. The van der Waals surface area contributed by atoms with Crippen LogP contribution in [0.15, 0.2) is 5.16 Å². The monoisotopic (exact) mass is 256 g/mol. The molecule has 0 aromatic rings. The van der Waals surface area contributed by atoms with Crippen LogP contribution >= 0.6 is 0 Å². The molecular weight excluding hydrogens is 232 g/mol. The zero-order valence-electron chi connectivity index (χ0n) is 11.3. The molecule has 0 aliphatic heterocycles. The van der Waals surface area contributed by atoms with Crippen molar-refractivity contribution >= 4 is 11.7 Å². The van der Waals surface area contributed by atoms with Gasteiger partial charge in [0.05, 0.1) is 0 Å². The summed E-state index contributed by atoms with van der Waals surface area (Å²) < 4.78 is 0. The van der Waals surface area contributed by atoms with Gasteiger partial charge in [-0.05, 0) is 38.9 Å². The van der Waals surface area contributed by atoms with E-state index in [9.17, 15) is 4.79 Å². The largest absolute Gasteiger partial charge is 0.409 e.